The Balaban J connectivity index is 2.08. The topological polar surface area (TPSA) is 24.5 Å². The number of ether oxygens (including phenoxy) is 1. The standard InChI is InChI=1S/C15H21BrF2N2O/c1-21-8-7-20(9-11-3-2-6-19-11)10-12-14(17)5-4-13(16)15(12)18/h4-5,11,19H,2-3,6-10H2,1H3. The van der Waals surface area contributed by atoms with Crippen molar-refractivity contribution in [3.63, 3.8) is 0 Å². The van der Waals surface area contributed by atoms with Gasteiger partial charge in [-0.05, 0) is 47.4 Å². The van der Waals surface area contributed by atoms with Gasteiger partial charge in [0.2, 0.25) is 0 Å². The fourth-order valence-corrected chi connectivity index (χ4v) is 2.99. The number of hydrogen-bond acceptors (Lipinski definition) is 3. The molecule has 0 spiro atoms. The van der Waals surface area contributed by atoms with Crippen LogP contribution in [0.4, 0.5) is 8.78 Å². The summed E-state index contributed by atoms with van der Waals surface area (Å²) in [5.41, 5.74) is 0.110. The second-order valence-corrected chi connectivity index (χ2v) is 6.20. The maximum atomic E-state index is 14.1. The Morgan fingerprint density at radius 1 is 1.43 bits per heavy atom. The molecule has 0 aromatic heterocycles. The van der Waals surface area contributed by atoms with Gasteiger partial charge in [-0.15, -0.1) is 0 Å². The summed E-state index contributed by atoms with van der Waals surface area (Å²) in [6.07, 6.45) is 2.26. The van der Waals surface area contributed by atoms with Crippen molar-refractivity contribution in [3.8, 4) is 0 Å². The first-order chi connectivity index (χ1) is 10.1. The van der Waals surface area contributed by atoms with Crippen LogP contribution in [0.3, 0.4) is 0 Å². The largest absolute Gasteiger partial charge is 0.383 e. The van der Waals surface area contributed by atoms with Crippen LogP contribution in [0.2, 0.25) is 0 Å². The second kappa shape index (κ2) is 8.17. The molecule has 0 bridgehead atoms. The lowest BCUT2D eigenvalue weighted by Crippen LogP contribution is -2.39. The quantitative estimate of drug-likeness (QED) is 0.754. The van der Waals surface area contributed by atoms with Gasteiger partial charge < -0.3 is 10.1 Å². The van der Waals surface area contributed by atoms with Crippen LogP contribution in [-0.2, 0) is 11.3 Å². The SMILES string of the molecule is COCCN(Cc1c(F)ccc(Br)c1F)CC1CCCN1. The third-order valence-electron chi connectivity index (χ3n) is 3.77. The third-order valence-corrected chi connectivity index (χ3v) is 4.39. The molecule has 3 nitrogen and oxygen atoms in total. The lowest BCUT2D eigenvalue weighted by Gasteiger charge is -2.26. The Kier molecular flexibility index (Phi) is 6.54. The van der Waals surface area contributed by atoms with E-state index in [4.69, 9.17) is 4.74 Å². The van der Waals surface area contributed by atoms with Crippen molar-refractivity contribution < 1.29 is 13.5 Å². The molecule has 1 unspecified atom stereocenters. The van der Waals surface area contributed by atoms with Gasteiger partial charge in [0.15, 0.2) is 0 Å². The molecule has 0 saturated carbocycles. The highest BCUT2D eigenvalue weighted by Gasteiger charge is 2.21. The first-order valence-electron chi connectivity index (χ1n) is 7.19. The molecule has 1 heterocycles. The van der Waals surface area contributed by atoms with Gasteiger partial charge in [-0.25, -0.2) is 8.78 Å². The van der Waals surface area contributed by atoms with E-state index in [0.717, 1.165) is 25.9 Å². The monoisotopic (exact) mass is 362 g/mol. The van der Waals surface area contributed by atoms with Gasteiger partial charge in [-0.2, -0.15) is 0 Å². The Bertz CT molecular complexity index is 467. The molecule has 1 saturated heterocycles. The Labute approximate surface area is 132 Å². The summed E-state index contributed by atoms with van der Waals surface area (Å²) >= 11 is 3.11. The summed E-state index contributed by atoms with van der Waals surface area (Å²) in [6, 6.07) is 3.08. The lowest BCUT2D eigenvalue weighted by molar-refractivity contribution is 0.136. The predicted molar refractivity (Wildman–Crippen MR) is 82.2 cm³/mol. The molecule has 0 amide bonds. The van der Waals surface area contributed by atoms with Gasteiger partial charge in [0.1, 0.15) is 11.6 Å². The molecule has 0 radical (unpaired) electrons. The minimum Gasteiger partial charge on any atom is -0.383 e. The number of halogens is 3. The van der Waals surface area contributed by atoms with E-state index in [1.165, 1.54) is 12.1 Å². The molecule has 0 aliphatic carbocycles. The van der Waals surface area contributed by atoms with Crippen LogP contribution in [0.15, 0.2) is 16.6 Å². The maximum Gasteiger partial charge on any atom is 0.144 e. The molecule has 1 aromatic carbocycles. The molecule has 21 heavy (non-hydrogen) atoms. The van der Waals surface area contributed by atoms with Crippen LogP contribution in [0, 0.1) is 11.6 Å². The van der Waals surface area contributed by atoms with E-state index in [1.54, 1.807) is 7.11 Å². The normalized spacial score (nSPS) is 18.6. The van der Waals surface area contributed by atoms with E-state index in [2.05, 4.69) is 21.2 Å². The molecule has 118 valence electrons. The Hall–Kier alpha value is -0.560. The lowest BCUT2D eigenvalue weighted by atomic mass is 10.1. The Morgan fingerprint density at radius 3 is 2.90 bits per heavy atom. The summed E-state index contributed by atoms with van der Waals surface area (Å²) < 4.78 is 33.4. The number of methoxy groups -OCH3 is 1. The minimum atomic E-state index is -0.517. The van der Waals surface area contributed by atoms with Gasteiger partial charge in [0.25, 0.3) is 0 Å². The van der Waals surface area contributed by atoms with E-state index in [1.807, 2.05) is 4.90 Å². The van der Waals surface area contributed by atoms with Crippen molar-refractivity contribution in [2.45, 2.75) is 25.4 Å². The molecule has 2 rings (SSSR count). The van der Waals surface area contributed by atoms with E-state index in [9.17, 15) is 8.78 Å². The minimum absolute atomic E-state index is 0.110. The van der Waals surface area contributed by atoms with Crippen LogP contribution in [0.25, 0.3) is 0 Å². The van der Waals surface area contributed by atoms with Crippen molar-refractivity contribution in [2.75, 3.05) is 33.4 Å². The molecule has 1 atom stereocenters. The van der Waals surface area contributed by atoms with Gasteiger partial charge in [-0.1, -0.05) is 0 Å². The molecule has 1 aliphatic heterocycles. The first kappa shape index (κ1) is 16.8. The molecule has 1 fully saturated rings. The zero-order chi connectivity index (χ0) is 15.2. The molecule has 1 aliphatic rings. The van der Waals surface area contributed by atoms with Crippen molar-refractivity contribution in [1.82, 2.24) is 10.2 Å². The molecular formula is C15H21BrF2N2O. The summed E-state index contributed by atoms with van der Waals surface area (Å²) in [5, 5.41) is 3.41. The zero-order valence-corrected chi connectivity index (χ0v) is 13.8. The van der Waals surface area contributed by atoms with Crippen LogP contribution in [-0.4, -0.2) is 44.3 Å². The van der Waals surface area contributed by atoms with Crippen molar-refractivity contribution >= 4 is 15.9 Å². The predicted octanol–water partition coefficient (Wildman–Crippen LogP) is 2.93. The van der Waals surface area contributed by atoms with E-state index in [0.29, 0.717) is 23.7 Å². The number of nitrogens with zero attached hydrogens (tertiary/aromatic N) is 1. The fourth-order valence-electron chi connectivity index (χ4n) is 2.62. The van der Waals surface area contributed by atoms with E-state index in [-0.39, 0.29) is 12.1 Å². The van der Waals surface area contributed by atoms with Crippen LogP contribution in [0.1, 0.15) is 18.4 Å². The summed E-state index contributed by atoms with van der Waals surface area (Å²) in [4.78, 5) is 2.04. The summed E-state index contributed by atoms with van der Waals surface area (Å²) in [7, 11) is 1.63. The highest BCUT2D eigenvalue weighted by Crippen LogP contribution is 2.23. The number of hydrogen-bond donors (Lipinski definition) is 1. The van der Waals surface area contributed by atoms with Gasteiger partial charge in [0.05, 0.1) is 11.1 Å². The van der Waals surface area contributed by atoms with E-state index >= 15 is 0 Å². The van der Waals surface area contributed by atoms with Crippen molar-refractivity contribution in [1.29, 1.82) is 0 Å². The average molecular weight is 363 g/mol. The third kappa shape index (κ3) is 4.71. The zero-order valence-electron chi connectivity index (χ0n) is 12.2. The van der Waals surface area contributed by atoms with Crippen LogP contribution >= 0.6 is 15.9 Å². The molecule has 6 heteroatoms. The summed E-state index contributed by atoms with van der Waals surface area (Å²) in [5.74, 6) is -1.02. The first-order valence-corrected chi connectivity index (χ1v) is 7.98. The van der Waals surface area contributed by atoms with Crippen molar-refractivity contribution in [2.24, 2.45) is 0 Å². The smallest absolute Gasteiger partial charge is 0.144 e. The molecular weight excluding hydrogens is 342 g/mol. The summed E-state index contributed by atoms with van der Waals surface area (Å²) in [6.45, 7) is 3.24. The van der Waals surface area contributed by atoms with Gasteiger partial charge in [0, 0.05) is 38.3 Å². The van der Waals surface area contributed by atoms with E-state index < -0.39 is 11.6 Å². The van der Waals surface area contributed by atoms with Gasteiger partial charge >= 0.3 is 0 Å². The van der Waals surface area contributed by atoms with Crippen molar-refractivity contribution in [3.05, 3.63) is 33.8 Å². The molecule has 1 N–H and O–H groups in total. The van der Waals surface area contributed by atoms with Gasteiger partial charge in [-0.3, -0.25) is 4.90 Å². The highest BCUT2D eigenvalue weighted by atomic mass is 79.9. The fraction of sp³-hybridized carbons (Fsp3) is 0.600. The van der Waals surface area contributed by atoms with Crippen LogP contribution in [0.5, 0.6) is 0 Å². The maximum absolute atomic E-state index is 14.1. The van der Waals surface area contributed by atoms with Crippen LogP contribution < -0.4 is 5.32 Å². The highest BCUT2D eigenvalue weighted by molar-refractivity contribution is 9.10. The number of rotatable bonds is 7. The second-order valence-electron chi connectivity index (χ2n) is 5.34. The average Bonchev–Trinajstić information content (AvgIpc) is 2.97. The number of benzene rings is 1. The Morgan fingerprint density at radius 2 is 2.24 bits per heavy atom. The molecule has 1 aromatic rings. The number of nitrogens with one attached hydrogen (secondary N) is 1.